The number of halogens is 2. The Morgan fingerprint density at radius 2 is 2.12 bits per heavy atom. The highest BCUT2D eigenvalue weighted by Crippen LogP contribution is 2.51. The number of fused-ring (bicyclic) bond motifs is 1. The summed E-state index contributed by atoms with van der Waals surface area (Å²) in [7, 11) is 0. The van der Waals surface area contributed by atoms with Crippen molar-refractivity contribution >= 4 is 11.5 Å². The number of aromatic nitrogens is 3. The summed E-state index contributed by atoms with van der Waals surface area (Å²) in [6.45, 7) is 2.01. The molecule has 2 fully saturated rings. The molecule has 0 bridgehead atoms. The molecule has 1 saturated carbocycles. The quantitative estimate of drug-likeness (QED) is 0.752. The summed E-state index contributed by atoms with van der Waals surface area (Å²) in [4.78, 5) is 9.02. The molecule has 5 rings (SSSR count). The molecule has 4 heterocycles. The van der Waals surface area contributed by atoms with Crippen LogP contribution in [0.5, 0.6) is 0 Å². The number of rotatable bonds is 4. The molecule has 1 spiro atoms. The number of hydrogen-bond donors (Lipinski definition) is 2. The maximum Gasteiger partial charge on any atom is 0.265 e. The summed E-state index contributed by atoms with van der Waals surface area (Å²) < 4.78 is 27.8. The number of hydrogen-bond acceptors (Lipinski definition) is 4. The van der Waals surface area contributed by atoms with Crippen molar-refractivity contribution in [3.05, 3.63) is 48.3 Å². The molecule has 1 saturated heterocycles. The molecule has 26 heavy (non-hydrogen) atoms. The van der Waals surface area contributed by atoms with Crippen molar-refractivity contribution < 1.29 is 8.78 Å². The first-order valence-electron chi connectivity index (χ1n) is 8.84. The Morgan fingerprint density at radius 3 is 2.92 bits per heavy atom. The van der Waals surface area contributed by atoms with Gasteiger partial charge < -0.3 is 10.6 Å². The molecule has 1 unspecified atom stereocenters. The average molecular weight is 355 g/mol. The Bertz CT molecular complexity index is 963. The van der Waals surface area contributed by atoms with Crippen molar-refractivity contribution in [3.8, 4) is 11.4 Å². The third kappa shape index (κ3) is 2.54. The molecular weight excluding hydrogens is 336 g/mol. The fourth-order valence-electron chi connectivity index (χ4n) is 3.85. The van der Waals surface area contributed by atoms with E-state index < -0.39 is 6.43 Å². The van der Waals surface area contributed by atoms with Gasteiger partial charge in [-0.05, 0) is 37.1 Å². The topological polar surface area (TPSA) is 54.2 Å². The average Bonchev–Trinajstić information content (AvgIpc) is 3.14. The number of pyridine rings is 2. The fraction of sp³-hybridized carbons (Fsp3) is 0.368. The zero-order valence-corrected chi connectivity index (χ0v) is 14.1. The standard InChI is InChI=1S/C19H19F2N5/c20-18(21)12-4-5-17-23-8-14(26(17)10-12)13-2-1-3-16(24-13)25-15-9-22-11-19(15)6-7-19/h1-5,8,10,15,18,22H,6-7,9,11H2,(H,24,25). The predicted octanol–water partition coefficient (Wildman–Crippen LogP) is 3.50. The molecule has 1 aliphatic heterocycles. The van der Waals surface area contributed by atoms with E-state index in [0.717, 1.165) is 18.9 Å². The van der Waals surface area contributed by atoms with Gasteiger partial charge in [0.25, 0.3) is 6.43 Å². The van der Waals surface area contributed by atoms with Gasteiger partial charge in [-0.25, -0.2) is 18.7 Å². The van der Waals surface area contributed by atoms with Crippen LogP contribution in [0.4, 0.5) is 14.6 Å². The lowest BCUT2D eigenvalue weighted by Crippen LogP contribution is -2.29. The lowest BCUT2D eigenvalue weighted by atomic mass is 10.0. The first kappa shape index (κ1) is 15.7. The van der Waals surface area contributed by atoms with Crippen LogP contribution in [0.25, 0.3) is 17.0 Å². The molecule has 3 aromatic heterocycles. The molecule has 0 aromatic carbocycles. The van der Waals surface area contributed by atoms with E-state index in [1.54, 1.807) is 16.7 Å². The van der Waals surface area contributed by atoms with Crippen molar-refractivity contribution in [2.75, 3.05) is 18.4 Å². The zero-order valence-electron chi connectivity index (χ0n) is 14.1. The van der Waals surface area contributed by atoms with Gasteiger partial charge in [0, 0.05) is 36.3 Å². The van der Waals surface area contributed by atoms with E-state index in [9.17, 15) is 8.78 Å². The Kier molecular flexibility index (Phi) is 3.46. The van der Waals surface area contributed by atoms with Gasteiger partial charge in [0.1, 0.15) is 11.5 Å². The maximum absolute atomic E-state index is 13.0. The molecule has 134 valence electrons. The number of imidazole rings is 1. The van der Waals surface area contributed by atoms with Crippen LogP contribution in [0.15, 0.2) is 42.7 Å². The monoisotopic (exact) mass is 355 g/mol. The normalized spacial score (nSPS) is 21.0. The van der Waals surface area contributed by atoms with E-state index in [2.05, 4.69) is 15.6 Å². The molecule has 0 radical (unpaired) electrons. The minimum atomic E-state index is -2.51. The molecule has 5 nitrogen and oxygen atoms in total. The van der Waals surface area contributed by atoms with Crippen LogP contribution in [0, 0.1) is 5.41 Å². The van der Waals surface area contributed by atoms with E-state index in [1.165, 1.54) is 25.1 Å². The molecule has 3 aromatic rings. The Morgan fingerprint density at radius 1 is 1.23 bits per heavy atom. The van der Waals surface area contributed by atoms with E-state index in [-0.39, 0.29) is 5.56 Å². The van der Waals surface area contributed by atoms with Crippen molar-refractivity contribution in [2.24, 2.45) is 5.41 Å². The van der Waals surface area contributed by atoms with Gasteiger partial charge in [0.15, 0.2) is 0 Å². The van der Waals surface area contributed by atoms with E-state index in [1.807, 2.05) is 18.2 Å². The van der Waals surface area contributed by atoms with Crippen LogP contribution in [0.2, 0.25) is 0 Å². The lowest BCUT2D eigenvalue weighted by Gasteiger charge is -2.19. The van der Waals surface area contributed by atoms with Crippen molar-refractivity contribution in [1.82, 2.24) is 19.7 Å². The smallest absolute Gasteiger partial charge is 0.265 e. The van der Waals surface area contributed by atoms with Gasteiger partial charge >= 0.3 is 0 Å². The molecule has 1 aliphatic carbocycles. The summed E-state index contributed by atoms with van der Waals surface area (Å²) in [5.74, 6) is 0.808. The number of nitrogens with zero attached hydrogens (tertiary/aromatic N) is 3. The van der Waals surface area contributed by atoms with Crippen LogP contribution >= 0.6 is 0 Å². The SMILES string of the molecule is FC(F)c1ccc2ncc(-c3cccc(NC4CNCC45CC5)n3)n2c1. The molecule has 7 heteroatoms. The highest BCUT2D eigenvalue weighted by Gasteiger charge is 2.52. The first-order valence-corrected chi connectivity index (χ1v) is 8.84. The van der Waals surface area contributed by atoms with Crippen molar-refractivity contribution in [2.45, 2.75) is 25.3 Å². The highest BCUT2D eigenvalue weighted by molar-refractivity contribution is 5.62. The van der Waals surface area contributed by atoms with Gasteiger partial charge in [-0.15, -0.1) is 0 Å². The molecular formula is C19H19F2N5. The largest absolute Gasteiger partial charge is 0.365 e. The van der Waals surface area contributed by atoms with Crippen LogP contribution in [-0.4, -0.2) is 33.5 Å². The first-order chi connectivity index (χ1) is 12.6. The fourth-order valence-corrected chi connectivity index (χ4v) is 3.85. The second-order valence-corrected chi connectivity index (χ2v) is 7.23. The van der Waals surface area contributed by atoms with Crippen LogP contribution < -0.4 is 10.6 Å². The molecule has 0 amide bonds. The van der Waals surface area contributed by atoms with Gasteiger partial charge in [0.2, 0.25) is 0 Å². The summed E-state index contributed by atoms with van der Waals surface area (Å²) in [5, 5.41) is 7.00. The highest BCUT2D eigenvalue weighted by atomic mass is 19.3. The molecule has 1 atom stereocenters. The van der Waals surface area contributed by atoms with Gasteiger partial charge in [-0.2, -0.15) is 0 Å². The summed E-state index contributed by atoms with van der Waals surface area (Å²) in [5.41, 5.74) is 2.40. The summed E-state index contributed by atoms with van der Waals surface area (Å²) >= 11 is 0. The Balaban J connectivity index is 1.49. The van der Waals surface area contributed by atoms with Gasteiger partial charge in [-0.1, -0.05) is 6.07 Å². The lowest BCUT2D eigenvalue weighted by molar-refractivity contribution is 0.151. The van der Waals surface area contributed by atoms with E-state index >= 15 is 0 Å². The van der Waals surface area contributed by atoms with E-state index in [0.29, 0.717) is 28.5 Å². The van der Waals surface area contributed by atoms with Crippen LogP contribution in [-0.2, 0) is 0 Å². The van der Waals surface area contributed by atoms with Gasteiger partial charge in [-0.3, -0.25) is 4.40 Å². The third-order valence-corrected chi connectivity index (χ3v) is 5.57. The second kappa shape index (κ2) is 5.74. The minimum Gasteiger partial charge on any atom is -0.365 e. The van der Waals surface area contributed by atoms with Crippen LogP contribution in [0.3, 0.4) is 0 Å². The number of nitrogens with one attached hydrogen (secondary N) is 2. The summed E-state index contributed by atoms with van der Waals surface area (Å²) in [6, 6.07) is 9.16. The number of anilines is 1. The van der Waals surface area contributed by atoms with Crippen molar-refractivity contribution in [1.29, 1.82) is 0 Å². The predicted molar refractivity (Wildman–Crippen MR) is 95.3 cm³/mol. The minimum absolute atomic E-state index is 0.0289. The second-order valence-electron chi connectivity index (χ2n) is 7.23. The van der Waals surface area contributed by atoms with Gasteiger partial charge in [0.05, 0.1) is 17.6 Å². The zero-order chi connectivity index (χ0) is 17.7. The van der Waals surface area contributed by atoms with E-state index in [4.69, 9.17) is 4.98 Å². The Hall–Kier alpha value is -2.54. The summed E-state index contributed by atoms with van der Waals surface area (Å²) in [6.07, 6.45) is 3.10. The number of alkyl halides is 2. The third-order valence-electron chi connectivity index (χ3n) is 5.57. The Labute approximate surface area is 149 Å². The van der Waals surface area contributed by atoms with Crippen LogP contribution in [0.1, 0.15) is 24.8 Å². The molecule has 2 N–H and O–H groups in total. The maximum atomic E-state index is 13.0. The van der Waals surface area contributed by atoms with Crippen molar-refractivity contribution in [3.63, 3.8) is 0 Å². The molecule has 2 aliphatic rings.